The summed E-state index contributed by atoms with van der Waals surface area (Å²) in [6.07, 6.45) is 0. The molecule has 0 spiro atoms. The Bertz CT molecular complexity index is 573. The summed E-state index contributed by atoms with van der Waals surface area (Å²) in [7, 11) is 2.08. The third kappa shape index (κ3) is 2.99. The summed E-state index contributed by atoms with van der Waals surface area (Å²) in [4.78, 5) is 2.19. The van der Waals surface area contributed by atoms with Crippen molar-refractivity contribution in [3.63, 3.8) is 0 Å². The summed E-state index contributed by atoms with van der Waals surface area (Å²) in [6.45, 7) is 4.76. The van der Waals surface area contributed by atoms with E-state index in [4.69, 9.17) is 5.73 Å². The molecule has 0 aromatic heterocycles. The maximum absolute atomic E-state index is 5.87. The van der Waals surface area contributed by atoms with Crippen molar-refractivity contribution in [3.05, 3.63) is 57.6 Å². The summed E-state index contributed by atoms with van der Waals surface area (Å²) in [5.41, 5.74) is 11.9. The third-order valence-corrected chi connectivity index (χ3v) is 4.00. The highest BCUT2D eigenvalue weighted by Crippen LogP contribution is 2.32. The Morgan fingerprint density at radius 3 is 2.32 bits per heavy atom. The average Bonchev–Trinajstić information content (AvgIpc) is 2.36. The molecule has 100 valence electrons. The van der Waals surface area contributed by atoms with Crippen LogP contribution in [-0.4, -0.2) is 7.05 Å². The SMILES string of the molecule is Cc1cc(C)cc(N(C)c2cccc(Br)c2CN)c1. The molecule has 0 heterocycles. The molecule has 0 unspecified atom stereocenters. The van der Waals surface area contributed by atoms with Gasteiger partial charge in [-0.25, -0.2) is 0 Å². The summed E-state index contributed by atoms with van der Waals surface area (Å²) in [5.74, 6) is 0. The first-order valence-corrected chi connectivity index (χ1v) is 7.11. The zero-order valence-corrected chi connectivity index (χ0v) is 13.2. The normalized spacial score (nSPS) is 10.6. The van der Waals surface area contributed by atoms with Gasteiger partial charge < -0.3 is 10.6 Å². The van der Waals surface area contributed by atoms with Crippen LogP contribution in [-0.2, 0) is 6.54 Å². The molecule has 19 heavy (non-hydrogen) atoms. The van der Waals surface area contributed by atoms with Crippen LogP contribution in [0.25, 0.3) is 0 Å². The van der Waals surface area contributed by atoms with Crippen molar-refractivity contribution in [1.82, 2.24) is 0 Å². The second kappa shape index (κ2) is 5.76. The van der Waals surface area contributed by atoms with Crippen molar-refractivity contribution in [3.8, 4) is 0 Å². The molecule has 0 bridgehead atoms. The monoisotopic (exact) mass is 318 g/mol. The Kier molecular flexibility index (Phi) is 4.27. The van der Waals surface area contributed by atoms with Gasteiger partial charge in [0.05, 0.1) is 0 Å². The van der Waals surface area contributed by atoms with Crippen LogP contribution in [0.4, 0.5) is 11.4 Å². The van der Waals surface area contributed by atoms with Gasteiger partial charge in [-0.15, -0.1) is 0 Å². The van der Waals surface area contributed by atoms with E-state index in [0.717, 1.165) is 15.7 Å². The van der Waals surface area contributed by atoms with Crippen LogP contribution in [0.15, 0.2) is 40.9 Å². The minimum absolute atomic E-state index is 0.520. The largest absolute Gasteiger partial charge is 0.344 e. The Morgan fingerprint density at radius 2 is 1.74 bits per heavy atom. The highest BCUT2D eigenvalue weighted by Gasteiger charge is 2.11. The Hall–Kier alpha value is -1.32. The first-order valence-electron chi connectivity index (χ1n) is 6.32. The molecule has 3 heteroatoms. The standard InChI is InChI=1S/C16H19BrN2/c1-11-7-12(2)9-13(8-11)19(3)16-6-4-5-15(17)14(16)10-18/h4-9H,10,18H2,1-3H3. The molecule has 0 aliphatic carbocycles. The maximum Gasteiger partial charge on any atom is 0.0465 e. The van der Waals surface area contributed by atoms with E-state index in [1.165, 1.54) is 16.8 Å². The van der Waals surface area contributed by atoms with Crippen molar-refractivity contribution in [2.24, 2.45) is 5.73 Å². The van der Waals surface area contributed by atoms with Gasteiger partial charge in [0.1, 0.15) is 0 Å². The smallest absolute Gasteiger partial charge is 0.0465 e. The van der Waals surface area contributed by atoms with Crippen molar-refractivity contribution in [2.45, 2.75) is 20.4 Å². The number of nitrogens with zero attached hydrogens (tertiary/aromatic N) is 1. The minimum Gasteiger partial charge on any atom is -0.344 e. The lowest BCUT2D eigenvalue weighted by Crippen LogP contribution is -2.14. The van der Waals surface area contributed by atoms with Crippen molar-refractivity contribution in [2.75, 3.05) is 11.9 Å². The predicted molar refractivity (Wildman–Crippen MR) is 86.0 cm³/mol. The van der Waals surface area contributed by atoms with Gasteiger partial charge >= 0.3 is 0 Å². The predicted octanol–water partition coefficient (Wildman–Crippen LogP) is 4.29. The number of nitrogens with two attached hydrogens (primary N) is 1. The fraction of sp³-hybridized carbons (Fsp3) is 0.250. The molecule has 2 aromatic rings. The molecule has 0 aliphatic rings. The van der Waals surface area contributed by atoms with E-state index in [0.29, 0.717) is 6.54 Å². The van der Waals surface area contributed by atoms with Gasteiger partial charge in [0, 0.05) is 35.0 Å². The van der Waals surface area contributed by atoms with E-state index < -0.39 is 0 Å². The number of benzene rings is 2. The van der Waals surface area contributed by atoms with Crippen molar-refractivity contribution >= 4 is 27.3 Å². The van der Waals surface area contributed by atoms with Gasteiger partial charge in [0.15, 0.2) is 0 Å². The van der Waals surface area contributed by atoms with Gasteiger partial charge in [-0.2, -0.15) is 0 Å². The van der Waals surface area contributed by atoms with Crippen LogP contribution < -0.4 is 10.6 Å². The fourth-order valence-corrected chi connectivity index (χ4v) is 2.86. The topological polar surface area (TPSA) is 29.3 Å². The maximum atomic E-state index is 5.87. The number of hydrogen-bond donors (Lipinski definition) is 1. The van der Waals surface area contributed by atoms with E-state index in [2.05, 4.69) is 66.0 Å². The number of anilines is 2. The summed E-state index contributed by atoms with van der Waals surface area (Å²) < 4.78 is 1.06. The lowest BCUT2D eigenvalue weighted by Gasteiger charge is -2.24. The molecule has 2 nitrogen and oxygen atoms in total. The summed E-state index contributed by atoms with van der Waals surface area (Å²) in [6, 6.07) is 12.7. The highest BCUT2D eigenvalue weighted by atomic mass is 79.9. The molecule has 2 rings (SSSR count). The second-order valence-electron chi connectivity index (χ2n) is 4.85. The van der Waals surface area contributed by atoms with E-state index in [-0.39, 0.29) is 0 Å². The third-order valence-electron chi connectivity index (χ3n) is 3.25. The zero-order valence-electron chi connectivity index (χ0n) is 11.6. The number of aryl methyl sites for hydroxylation is 2. The Balaban J connectivity index is 2.49. The lowest BCUT2D eigenvalue weighted by atomic mass is 10.1. The molecular formula is C16H19BrN2. The molecule has 0 saturated heterocycles. The van der Waals surface area contributed by atoms with Gasteiger partial charge in [-0.3, -0.25) is 0 Å². The molecular weight excluding hydrogens is 300 g/mol. The molecule has 0 fully saturated rings. The Morgan fingerprint density at radius 1 is 1.11 bits per heavy atom. The number of rotatable bonds is 3. The second-order valence-corrected chi connectivity index (χ2v) is 5.70. The first-order chi connectivity index (χ1) is 9.02. The molecule has 0 atom stereocenters. The van der Waals surface area contributed by atoms with Gasteiger partial charge in [0.25, 0.3) is 0 Å². The molecule has 0 amide bonds. The molecule has 0 saturated carbocycles. The van der Waals surface area contributed by atoms with Crippen LogP contribution in [0.2, 0.25) is 0 Å². The van der Waals surface area contributed by atoms with Gasteiger partial charge in [-0.05, 0) is 49.2 Å². The molecule has 2 N–H and O–H groups in total. The molecule has 2 aromatic carbocycles. The molecule has 0 aliphatic heterocycles. The van der Waals surface area contributed by atoms with Crippen LogP contribution in [0, 0.1) is 13.8 Å². The van der Waals surface area contributed by atoms with Gasteiger partial charge in [0.2, 0.25) is 0 Å². The number of hydrogen-bond acceptors (Lipinski definition) is 2. The van der Waals surface area contributed by atoms with E-state index in [1.54, 1.807) is 0 Å². The van der Waals surface area contributed by atoms with Crippen LogP contribution >= 0.6 is 15.9 Å². The zero-order chi connectivity index (χ0) is 14.0. The van der Waals surface area contributed by atoms with E-state index >= 15 is 0 Å². The van der Waals surface area contributed by atoms with Crippen molar-refractivity contribution in [1.29, 1.82) is 0 Å². The van der Waals surface area contributed by atoms with Crippen LogP contribution in [0.1, 0.15) is 16.7 Å². The average molecular weight is 319 g/mol. The fourth-order valence-electron chi connectivity index (χ4n) is 2.35. The van der Waals surface area contributed by atoms with Crippen molar-refractivity contribution < 1.29 is 0 Å². The Labute approximate surface area is 123 Å². The van der Waals surface area contributed by atoms with Crippen LogP contribution in [0.5, 0.6) is 0 Å². The summed E-state index contributed by atoms with van der Waals surface area (Å²) in [5, 5.41) is 0. The lowest BCUT2D eigenvalue weighted by molar-refractivity contribution is 1.04. The number of halogens is 1. The molecule has 0 radical (unpaired) electrons. The quantitative estimate of drug-likeness (QED) is 0.914. The summed E-state index contributed by atoms with van der Waals surface area (Å²) >= 11 is 3.57. The van der Waals surface area contributed by atoms with Crippen LogP contribution in [0.3, 0.4) is 0 Å². The van der Waals surface area contributed by atoms with Gasteiger partial charge in [-0.1, -0.05) is 28.1 Å². The first kappa shape index (κ1) is 14.1. The van der Waals surface area contributed by atoms with E-state index in [1.807, 2.05) is 12.1 Å². The highest BCUT2D eigenvalue weighted by molar-refractivity contribution is 9.10. The van der Waals surface area contributed by atoms with E-state index in [9.17, 15) is 0 Å². The minimum atomic E-state index is 0.520.